The summed E-state index contributed by atoms with van der Waals surface area (Å²) in [5.41, 5.74) is 1.03. The molecule has 1 fully saturated rings. The Hall–Kier alpha value is -2.65. The Labute approximate surface area is 197 Å². The smallest absolute Gasteiger partial charge is 0.338 e. The molecule has 0 aliphatic carbocycles. The van der Waals surface area contributed by atoms with E-state index in [4.69, 9.17) is 9.47 Å². The molecule has 1 aromatic carbocycles. The van der Waals surface area contributed by atoms with Gasteiger partial charge in [-0.1, -0.05) is 30.0 Å². The molecule has 0 N–H and O–H groups in total. The van der Waals surface area contributed by atoms with Crippen LogP contribution in [0.3, 0.4) is 0 Å². The summed E-state index contributed by atoms with van der Waals surface area (Å²) in [6, 6.07) is 5.58. The lowest BCUT2D eigenvalue weighted by Crippen LogP contribution is -2.43. The highest BCUT2D eigenvalue weighted by Gasteiger charge is 2.43. The van der Waals surface area contributed by atoms with Gasteiger partial charge in [0.2, 0.25) is 5.91 Å². The van der Waals surface area contributed by atoms with E-state index in [1.54, 1.807) is 55.7 Å². The lowest BCUT2D eigenvalue weighted by molar-refractivity contribution is -0.150. The second kappa shape index (κ2) is 9.30. The Bertz CT molecular complexity index is 1050. The molecule has 3 heterocycles. The number of esters is 1. The molecule has 1 aromatic rings. The van der Waals surface area contributed by atoms with Crippen molar-refractivity contribution in [2.24, 2.45) is 4.99 Å². The van der Waals surface area contributed by atoms with Gasteiger partial charge >= 0.3 is 5.97 Å². The van der Waals surface area contributed by atoms with Crippen molar-refractivity contribution in [2.75, 3.05) is 26.3 Å². The standard InChI is InChI=1S/C24H28FN3O4S/c1-15-20(22(30)32-24(2,3)4)21(17-7-5-6-8-18(17)25)28-16(14-33-23(28)26-15)13-19(29)27-9-11-31-12-10-27/h5-8,14,21H,9-13H2,1-4H3. The summed E-state index contributed by atoms with van der Waals surface area (Å²) in [4.78, 5) is 34.4. The van der Waals surface area contributed by atoms with Gasteiger partial charge in [-0.3, -0.25) is 4.79 Å². The van der Waals surface area contributed by atoms with Crippen LogP contribution in [0.4, 0.5) is 4.39 Å². The number of carbonyl (C=O) groups is 2. The number of carbonyl (C=O) groups excluding carboxylic acids is 2. The maximum atomic E-state index is 15.1. The van der Waals surface area contributed by atoms with Gasteiger partial charge < -0.3 is 19.3 Å². The Morgan fingerprint density at radius 1 is 1.24 bits per heavy atom. The predicted octanol–water partition coefficient (Wildman–Crippen LogP) is 3.99. The van der Waals surface area contributed by atoms with Crippen LogP contribution in [-0.4, -0.2) is 58.7 Å². The SMILES string of the molecule is CC1=C(C(=O)OC(C)(C)C)C(c2ccccc2F)N2C(CC(=O)N3CCOCC3)=CSC2=N1. The number of amidine groups is 1. The molecule has 0 saturated carbocycles. The molecular formula is C24H28FN3O4S. The summed E-state index contributed by atoms with van der Waals surface area (Å²) in [5.74, 6) is -1.02. The number of morpholine rings is 1. The van der Waals surface area contributed by atoms with E-state index in [0.29, 0.717) is 48.4 Å². The van der Waals surface area contributed by atoms with Crippen LogP contribution in [0.25, 0.3) is 0 Å². The van der Waals surface area contributed by atoms with Crippen LogP contribution in [0.1, 0.15) is 45.7 Å². The Morgan fingerprint density at radius 3 is 2.61 bits per heavy atom. The fourth-order valence-corrected chi connectivity index (χ4v) is 5.00. The molecule has 3 aliphatic rings. The molecule has 9 heteroatoms. The Kier molecular flexibility index (Phi) is 6.63. The molecule has 1 amide bonds. The molecule has 0 radical (unpaired) electrons. The number of hydrogen-bond donors (Lipinski definition) is 0. The number of hydrogen-bond acceptors (Lipinski definition) is 7. The minimum atomic E-state index is -0.785. The van der Waals surface area contributed by atoms with E-state index >= 15 is 4.39 Å². The first-order valence-corrected chi connectivity index (χ1v) is 11.8. The second-order valence-corrected chi connectivity index (χ2v) is 9.92. The lowest BCUT2D eigenvalue weighted by Gasteiger charge is -2.37. The minimum Gasteiger partial charge on any atom is -0.456 e. The number of benzene rings is 1. The highest BCUT2D eigenvalue weighted by Crippen LogP contribution is 2.45. The van der Waals surface area contributed by atoms with E-state index in [1.807, 2.05) is 5.41 Å². The first-order valence-electron chi connectivity index (χ1n) is 10.9. The predicted molar refractivity (Wildman–Crippen MR) is 125 cm³/mol. The first-order chi connectivity index (χ1) is 15.7. The zero-order chi connectivity index (χ0) is 23.8. The van der Waals surface area contributed by atoms with Gasteiger partial charge in [0.15, 0.2) is 5.17 Å². The van der Waals surface area contributed by atoms with Gasteiger partial charge in [0, 0.05) is 24.4 Å². The van der Waals surface area contributed by atoms with Crippen molar-refractivity contribution >= 4 is 28.8 Å². The first kappa shape index (κ1) is 23.5. The van der Waals surface area contributed by atoms with E-state index in [1.165, 1.54) is 17.8 Å². The zero-order valence-electron chi connectivity index (χ0n) is 19.3. The van der Waals surface area contributed by atoms with Crippen LogP contribution in [0, 0.1) is 5.82 Å². The third-order valence-corrected chi connectivity index (χ3v) is 6.40. The third-order valence-electron chi connectivity index (χ3n) is 5.52. The van der Waals surface area contributed by atoms with Gasteiger partial charge in [-0.15, -0.1) is 0 Å². The second-order valence-electron chi connectivity index (χ2n) is 9.09. The highest BCUT2D eigenvalue weighted by molar-refractivity contribution is 8.16. The van der Waals surface area contributed by atoms with Gasteiger partial charge in [0.25, 0.3) is 0 Å². The number of halogens is 1. The van der Waals surface area contributed by atoms with E-state index in [9.17, 15) is 9.59 Å². The van der Waals surface area contributed by atoms with Crippen LogP contribution in [0.15, 0.2) is 51.6 Å². The largest absolute Gasteiger partial charge is 0.456 e. The van der Waals surface area contributed by atoms with Gasteiger partial charge in [-0.05, 0) is 39.2 Å². The van der Waals surface area contributed by atoms with E-state index in [-0.39, 0.29) is 17.9 Å². The molecular weight excluding hydrogens is 445 g/mol. The molecule has 7 nitrogen and oxygen atoms in total. The van der Waals surface area contributed by atoms with Crippen molar-refractivity contribution < 1.29 is 23.5 Å². The number of nitrogens with zero attached hydrogens (tertiary/aromatic N) is 3. The summed E-state index contributed by atoms with van der Waals surface area (Å²) in [6.45, 7) is 9.20. The summed E-state index contributed by atoms with van der Waals surface area (Å²) < 4.78 is 26.1. The Morgan fingerprint density at radius 2 is 1.94 bits per heavy atom. The van der Waals surface area contributed by atoms with Crippen LogP contribution in [0.2, 0.25) is 0 Å². The molecule has 3 aliphatic heterocycles. The number of rotatable bonds is 4. The molecule has 0 spiro atoms. The monoisotopic (exact) mass is 473 g/mol. The van der Waals surface area contributed by atoms with Crippen molar-refractivity contribution in [3.63, 3.8) is 0 Å². The third kappa shape index (κ3) is 4.99. The number of allylic oxidation sites excluding steroid dienone is 1. The van der Waals surface area contributed by atoms with Gasteiger partial charge in [-0.25, -0.2) is 14.2 Å². The van der Waals surface area contributed by atoms with Crippen molar-refractivity contribution in [3.05, 3.63) is 58.0 Å². The summed E-state index contributed by atoms with van der Waals surface area (Å²) in [6.07, 6.45) is 0.123. The number of thioether (sulfide) groups is 1. The minimum absolute atomic E-state index is 0.0382. The molecule has 33 heavy (non-hydrogen) atoms. The summed E-state index contributed by atoms with van der Waals surface area (Å²) in [7, 11) is 0. The normalized spacial score (nSPS) is 20.9. The number of aliphatic imine (C=N–C) groups is 1. The fraction of sp³-hybridized carbons (Fsp3) is 0.458. The van der Waals surface area contributed by atoms with Gasteiger partial charge in [0.05, 0.1) is 36.9 Å². The zero-order valence-corrected chi connectivity index (χ0v) is 20.1. The fourth-order valence-electron chi connectivity index (χ4n) is 4.03. The number of amides is 1. The van der Waals surface area contributed by atoms with E-state index in [2.05, 4.69) is 4.99 Å². The Balaban J connectivity index is 1.72. The molecule has 1 saturated heterocycles. The molecule has 0 bridgehead atoms. The maximum Gasteiger partial charge on any atom is 0.338 e. The highest BCUT2D eigenvalue weighted by atomic mass is 32.2. The van der Waals surface area contributed by atoms with Crippen LogP contribution in [0.5, 0.6) is 0 Å². The maximum absolute atomic E-state index is 15.1. The van der Waals surface area contributed by atoms with Gasteiger partial charge in [-0.2, -0.15) is 0 Å². The molecule has 4 rings (SSSR count). The molecule has 176 valence electrons. The summed E-state index contributed by atoms with van der Waals surface area (Å²) >= 11 is 1.37. The topological polar surface area (TPSA) is 71.4 Å². The number of ether oxygens (including phenoxy) is 2. The van der Waals surface area contributed by atoms with E-state index in [0.717, 1.165) is 0 Å². The lowest BCUT2D eigenvalue weighted by atomic mass is 9.93. The van der Waals surface area contributed by atoms with Crippen molar-refractivity contribution in [2.45, 2.75) is 45.8 Å². The van der Waals surface area contributed by atoms with Gasteiger partial charge in [0.1, 0.15) is 11.4 Å². The van der Waals surface area contributed by atoms with Crippen molar-refractivity contribution in [1.82, 2.24) is 9.80 Å². The molecule has 1 atom stereocenters. The summed E-state index contributed by atoms with van der Waals surface area (Å²) in [5, 5.41) is 2.47. The van der Waals surface area contributed by atoms with Crippen molar-refractivity contribution in [1.29, 1.82) is 0 Å². The van der Waals surface area contributed by atoms with Crippen molar-refractivity contribution in [3.8, 4) is 0 Å². The number of fused-ring (bicyclic) bond motifs is 1. The van der Waals surface area contributed by atoms with E-state index < -0.39 is 23.4 Å². The average molecular weight is 474 g/mol. The van der Waals surface area contributed by atoms with Crippen LogP contribution >= 0.6 is 11.8 Å². The molecule has 1 unspecified atom stereocenters. The van der Waals surface area contributed by atoms with Crippen LogP contribution in [-0.2, 0) is 19.1 Å². The van der Waals surface area contributed by atoms with Crippen LogP contribution < -0.4 is 0 Å². The average Bonchev–Trinajstić information content (AvgIpc) is 3.14. The quantitative estimate of drug-likeness (QED) is 0.616. The molecule has 0 aromatic heterocycles.